The molecular formula is C7H6FNO. The molecule has 1 heterocycles. The molecule has 0 bridgehead atoms. The lowest BCUT2D eigenvalue weighted by Crippen LogP contribution is -2.06. The molecule has 2 nitrogen and oxygen atoms in total. The molecule has 1 rings (SSSR count). The minimum atomic E-state index is -0.780. The van der Waals surface area contributed by atoms with E-state index in [4.69, 9.17) is 0 Å². The van der Waals surface area contributed by atoms with E-state index in [0.29, 0.717) is 0 Å². The quantitative estimate of drug-likeness (QED) is 0.622. The summed E-state index contributed by atoms with van der Waals surface area (Å²) in [6.45, 7) is 3.32. The Morgan fingerprint density at radius 1 is 1.70 bits per heavy atom. The van der Waals surface area contributed by atoms with Crippen molar-refractivity contribution < 1.29 is 4.39 Å². The lowest BCUT2D eigenvalue weighted by Gasteiger charge is -1.91. The highest BCUT2D eigenvalue weighted by molar-refractivity contribution is 5.41. The van der Waals surface area contributed by atoms with Crippen molar-refractivity contribution in [3.05, 3.63) is 40.6 Å². The van der Waals surface area contributed by atoms with Crippen molar-refractivity contribution in [2.75, 3.05) is 0 Å². The first kappa shape index (κ1) is 6.74. The molecule has 3 heteroatoms. The first-order valence-electron chi connectivity index (χ1n) is 2.75. The molecule has 10 heavy (non-hydrogen) atoms. The molecular weight excluding hydrogens is 133 g/mol. The summed E-state index contributed by atoms with van der Waals surface area (Å²) in [6.07, 6.45) is 2.64. The predicted molar refractivity (Wildman–Crippen MR) is 37.1 cm³/mol. The summed E-state index contributed by atoms with van der Waals surface area (Å²) in [6, 6.07) is 1.13. The summed E-state index contributed by atoms with van der Waals surface area (Å²) in [5, 5.41) is 0. The lowest BCUT2D eigenvalue weighted by molar-refractivity contribution is 0.607. The zero-order valence-corrected chi connectivity index (χ0v) is 5.23. The maximum absolute atomic E-state index is 12.6. The fourth-order valence-electron chi connectivity index (χ4n) is 0.625. The van der Waals surface area contributed by atoms with Crippen LogP contribution in [-0.4, -0.2) is 4.98 Å². The summed E-state index contributed by atoms with van der Waals surface area (Å²) >= 11 is 0. The minimum Gasteiger partial charge on any atom is -0.359 e. The molecule has 0 aromatic carbocycles. The number of pyridine rings is 1. The first-order valence-corrected chi connectivity index (χ1v) is 2.75. The summed E-state index contributed by atoms with van der Waals surface area (Å²) < 4.78 is 12.6. The van der Waals surface area contributed by atoms with Crippen molar-refractivity contribution in [2.24, 2.45) is 0 Å². The SMILES string of the molecule is C=Cc1[nH]ccc(=O)c1F. The van der Waals surface area contributed by atoms with Crippen LogP contribution >= 0.6 is 0 Å². The molecule has 1 N–H and O–H groups in total. The van der Waals surface area contributed by atoms with Gasteiger partial charge < -0.3 is 4.98 Å². The number of aromatic amines is 1. The largest absolute Gasteiger partial charge is 0.359 e. The Morgan fingerprint density at radius 3 is 2.90 bits per heavy atom. The molecule has 0 fully saturated rings. The van der Waals surface area contributed by atoms with Gasteiger partial charge in [0.2, 0.25) is 5.43 Å². The molecule has 1 aromatic heterocycles. The highest BCUT2D eigenvalue weighted by atomic mass is 19.1. The Hall–Kier alpha value is -1.38. The van der Waals surface area contributed by atoms with Gasteiger partial charge in [-0.15, -0.1) is 0 Å². The first-order chi connectivity index (χ1) is 4.75. The van der Waals surface area contributed by atoms with Crippen molar-refractivity contribution in [1.82, 2.24) is 4.98 Å². The van der Waals surface area contributed by atoms with Gasteiger partial charge in [-0.1, -0.05) is 6.58 Å². The Labute approximate surface area is 57.0 Å². The second kappa shape index (κ2) is 2.47. The van der Waals surface area contributed by atoms with Crippen LogP contribution in [0.1, 0.15) is 5.69 Å². The van der Waals surface area contributed by atoms with E-state index in [9.17, 15) is 9.18 Å². The highest BCUT2D eigenvalue weighted by Crippen LogP contribution is 1.96. The van der Waals surface area contributed by atoms with Crippen molar-refractivity contribution in [2.45, 2.75) is 0 Å². The number of aromatic nitrogens is 1. The van der Waals surface area contributed by atoms with Crippen LogP contribution in [-0.2, 0) is 0 Å². The van der Waals surface area contributed by atoms with E-state index in [1.54, 1.807) is 0 Å². The third-order valence-electron chi connectivity index (χ3n) is 1.13. The molecule has 0 unspecified atom stereocenters. The lowest BCUT2D eigenvalue weighted by atomic mass is 10.3. The van der Waals surface area contributed by atoms with Gasteiger partial charge in [-0.3, -0.25) is 4.79 Å². The molecule has 0 saturated heterocycles. The molecule has 52 valence electrons. The van der Waals surface area contributed by atoms with E-state index in [2.05, 4.69) is 11.6 Å². The molecule has 0 radical (unpaired) electrons. The van der Waals surface area contributed by atoms with Crippen molar-refractivity contribution in [3.63, 3.8) is 0 Å². The van der Waals surface area contributed by atoms with E-state index >= 15 is 0 Å². The highest BCUT2D eigenvalue weighted by Gasteiger charge is 1.99. The van der Waals surface area contributed by atoms with Crippen LogP contribution in [0.25, 0.3) is 6.08 Å². The average molecular weight is 139 g/mol. The van der Waals surface area contributed by atoms with Gasteiger partial charge >= 0.3 is 0 Å². The van der Waals surface area contributed by atoms with Gasteiger partial charge in [0, 0.05) is 12.3 Å². The average Bonchev–Trinajstić information content (AvgIpc) is 1.95. The van der Waals surface area contributed by atoms with Gasteiger partial charge in [-0.2, -0.15) is 0 Å². The monoisotopic (exact) mass is 139 g/mol. The normalized spacial score (nSPS) is 9.30. The predicted octanol–water partition coefficient (Wildman–Crippen LogP) is 1.16. The molecule has 0 aliphatic rings. The number of halogens is 1. The maximum Gasteiger partial charge on any atom is 0.217 e. The number of hydrogen-bond acceptors (Lipinski definition) is 1. The Morgan fingerprint density at radius 2 is 2.40 bits per heavy atom. The van der Waals surface area contributed by atoms with Gasteiger partial charge in [0.15, 0.2) is 5.82 Å². The molecule has 1 aromatic rings. The standard InChI is InChI=1S/C7H6FNO/c1-2-5-7(8)6(10)3-4-9-5/h2-4H,1H2,(H,9,10). The maximum atomic E-state index is 12.6. The molecule has 0 saturated carbocycles. The smallest absolute Gasteiger partial charge is 0.217 e. The van der Waals surface area contributed by atoms with Crippen LogP contribution in [0.2, 0.25) is 0 Å². The Balaban J connectivity index is 3.41. The van der Waals surface area contributed by atoms with Crippen LogP contribution in [0.4, 0.5) is 4.39 Å². The molecule has 0 atom stereocenters. The summed E-state index contributed by atoms with van der Waals surface area (Å²) in [4.78, 5) is 13.1. The Kier molecular flexibility index (Phi) is 1.67. The van der Waals surface area contributed by atoms with Crippen molar-refractivity contribution in [3.8, 4) is 0 Å². The number of H-pyrrole nitrogens is 1. The summed E-state index contributed by atoms with van der Waals surface area (Å²) in [5.41, 5.74) is -0.485. The van der Waals surface area contributed by atoms with Crippen LogP contribution in [0, 0.1) is 5.82 Å². The van der Waals surface area contributed by atoms with Crippen LogP contribution < -0.4 is 5.43 Å². The third-order valence-corrected chi connectivity index (χ3v) is 1.13. The van der Waals surface area contributed by atoms with E-state index in [1.165, 1.54) is 12.3 Å². The van der Waals surface area contributed by atoms with E-state index < -0.39 is 11.2 Å². The second-order valence-corrected chi connectivity index (χ2v) is 1.77. The van der Waals surface area contributed by atoms with Gasteiger partial charge in [0.25, 0.3) is 0 Å². The zero-order valence-electron chi connectivity index (χ0n) is 5.23. The topological polar surface area (TPSA) is 32.9 Å². The van der Waals surface area contributed by atoms with E-state index in [0.717, 1.165) is 6.07 Å². The zero-order chi connectivity index (χ0) is 7.56. The molecule has 0 aliphatic carbocycles. The van der Waals surface area contributed by atoms with Crippen LogP contribution in [0.3, 0.4) is 0 Å². The van der Waals surface area contributed by atoms with Crippen molar-refractivity contribution >= 4 is 6.08 Å². The number of rotatable bonds is 1. The summed E-state index contributed by atoms with van der Waals surface area (Å²) in [7, 11) is 0. The van der Waals surface area contributed by atoms with Crippen LogP contribution in [0.15, 0.2) is 23.6 Å². The van der Waals surface area contributed by atoms with Crippen LogP contribution in [0.5, 0.6) is 0 Å². The van der Waals surface area contributed by atoms with Gasteiger partial charge in [-0.25, -0.2) is 4.39 Å². The van der Waals surface area contributed by atoms with E-state index in [-0.39, 0.29) is 5.69 Å². The molecule has 0 amide bonds. The fourth-order valence-corrected chi connectivity index (χ4v) is 0.625. The molecule has 0 aliphatic heterocycles. The van der Waals surface area contributed by atoms with Gasteiger partial charge in [-0.05, 0) is 6.08 Å². The third kappa shape index (κ3) is 0.978. The van der Waals surface area contributed by atoms with Gasteiger partial charge in [0.1, 0.15) is 0 Å². The number of nitrogens with one attached hydrogen (secondary N) is 1. The second-order valence-electron chi connectivity index (χ2n) is 1.77. The van der Waals surface area contributed by atoms with Crippen molar-refractivity contribution in [1.29, 1.82) is 0 Å². The minimum absolute atomic E-state index is 0.132. The van der Waals surface area contributed by atoms with Gasteiger partial charge in [0.05, 0.1) is 5.69 Å². The molecule has 0 spiro atoms. The van der Waals surface area contributed by atoms with E-state index in [1.807, 2.05) is 0 Å². The Bertz CT molecular complexity index is 303. The number of hydrogen-bond donors (Lipinski definition) is 1. The summed E-state index contributed by atoms with van der Waals surface area (Å²) in [5.74, 6) is -0.780. The fraction of sp³-hybridized carbons (Fsp3) is 0.